The van der Waals surface area contributed by atoms with Crippen molar-refractivity contribution in [1.29, 1.82) is 0 Å². The lowest BCUT2D eigenvalue weighted by Gasteiger charge is -2.33. The van der Waals surface area contributed by atoms with Crippen LogP contribution in [0, 0.1) is 0 Å². The minimum absolute atomic E-state index is 0.0680. The first-order valence-electron chi connectivity index (χ1n) is 9.49. The van der Waals surface area contributed by atoms with Crippen LogP contribution in [0.15, 0.2) is 39.4 Å². The number of sulfonamides is 2. The van der Waals surface area contributed by atoms with E-state index in [1.54, 1.807) is 11.3 Å². The van der Waals surface area contributed by atoms with Crippen molar-refractivity contribution in [3.63, 3.8) is 0 Å². The molecule has 0 unspecified atom stereocenters. The van der Waals surface area contributed by atoms with E-state index in [4.69, 9.17) is 5.14 Å². The Morgan fingerprint density at radius 1 is 1.03 bits per heavy atom. The van der Waals surface area contributed by atoms with Gasteiger partial charge in [0.25, 0.3) is 0 Å². The van der Waals surface area contributed by atoms with Crippen LogP contribution in [-0.2, 0) is 33.0 Å². The van der Waals surface area contributed by atoms with Gasteiger partial charge in [0.15, 0.2) is 0 Å². The van der Waals surface area contributed by atoms with E-state index in [-0.39, 0.29) is 9.79 Å². The lowest BCUT2D eigenvalue weighted by molar-refractivity contribution is 0.180. The van der Waals surface area contributed by atoms with Gasteiger partial charge in [-0.15, -0.1) is 11.3 Å². The number of nitrogens with zero attached hydrogens (tertiary/aromatic N) is 3. The average molecular weight is 459 g/mol. The maximum Gasteiger partial charge on any atom is 0.243 e. The number of nitrogens with two attached hydrogens (primary N) is 1. The molecule has 0 bridgehead atoms. The average Bonchev–Trinajstić information content (AvgIpc) is 3.13. The molecule has 2 aromatic rings. The van der Waals surface area contributed by atoms with Crippen molar-refractivity contribution in [2.24, 2.45) is 5.14 Å². The maximum atomic E-state index is 12.8. The highest BCUT2D eigenvalue weighted by atomic mass is 32.2. The zero-order valence-electron chi connectivity index (χ0n) is 16.3. The van der Waals surface area contributed by atoms with Crippen LogP contribution in [0.1, 0.15) is 30.5 Å². The van der Waals surface area contributed by atoms with Crippen molar-refractivity contribution < 1.29 is 16.8 Å². The summed E-state index contributed by atoms with van der Waals surface area (Å²) in [6, 6.07) is 5.01. The molecular formula is C18H26N4O4S3. The topological polar surface area (TPSA) is 114 Å². The van der Waals surface area contributed by atoms with Gasteiger partial charge in [-0.1, -0.05) is 13.3 Å². The first kappa shape index (κ1) is 22.3. The highest BCUT2D eigenvalue weighted by Crippen LogP contribution is 2.21. The summed E-state index contributed by atoms with van der Waals surface area (Å²) in [7, 11) is -7.52. The quantitative estimate of drug-likeness (QED) is 0.643. The molecule has 2 heterocycles. The lowest BCUT2D eigenvalue weighted by Crippen LogP contribution is -2.48. The standard InChI is InChI=1S/C18H26N4O4S3/c1-2-3-4-18-20-15(14-27-18)13-21-9-11-22(12-10-21)29(25,26)17-7-5-16(6-8-17)28(19,23)24/h5-8,14H,2-4,9-13H2,1H3,(H2,19,23,24). The van der Waals surface area contributed by atoms with Crippen molar-refractivity contribution in [3.05, 3.63) is 40.3 Å². The number of primary sulfonamides is 1. The Hall–Kier alpha value is -1.37. The number of benzene rings is 1. The van der Waals surface area contributed by atoms with Crippen molar-refractivity contribution in [1.82, 2.24) is 14.2 Å². The molecule has 1 saturated heterocycles. The highest BCUT2D eigenvalue weighted by molar-refractivity contribution is 7.89. The summed E-state index contributed by atoms with van der Waals surface area (Å²) in [5.41, 5.74) is 1.04. The van der Waals surface area contributed by atoms with Crippen LogP contribution in [0.25, 0.3) is 0 Å². The van der Waals surface area contributed by atoms with E-state index >= 15 is 0 Å². The summed E-state index contributed by atoms with van der Waals surface area (Å²) < 4.78 is 49.8. The molecule has 1 aromatic carbocycles. The molecule has 1 aromatic heterocycles. The number of hydrogen-bond acceptors (Lipinski definition) is 7. The van der Waals surface area contributed by atoms with E-state index in [1.165, 1.54) is 28.6 Å². The fourth-order valence-corrected chi connectivity index (χ4v) is 5.94. The molecule has 0 amide bonds. The van der Waals surface area contributed by atoms with Crippen molar-refractivity contribution in [2.75, 3.05) is 26.2 Å². The molecule has 0 aliphatic carbocycles. The number of thiazole rings is 1. The van der Waals surface area contributed by atoms with E-state index in [1.807, 2.05) is 0 Å². The van der Waals surface area contributed by atoms with Gasteiger partial charge in [0.2, 0.25) is 20.0 Å². The molecule has 11 heteroatoms. The first-order valence-corrected chi connectivity index (χ1v) is 13.4. The molecule has 0 atom stereocenters. The smallest absolute Gasteiger partial charge is 0.243 e. The van der Waals surface area contributed by atoms with Crippen LogP contribution in [0.5, 0.6) is 0 Å². The minimum atomic E-state index is -3.85. The van der Waals surface area contributed by atoms with Crippen molar-refractivity contribution in [3.8, 4) is 0 Å². The summed E-state index contributed by atoms with van der Waals surface area (Å²) in [5.74, 6) is 0. The lowest BCUT2D eigenvalue weighted by atomic mass is 10.3. The second kappa shape index (κ2) is 9.19. The first-order chi connectivity index (χ1) is 13.7. The Morgan fingerprint density at radius 3 is 2.24 bits per heavy atom. The van der Waals surface area contributed by atoms with Crippen LogP contribution >= 0.6 is 11.3 Å². The fourth-order valence-electron chi connectivity index (χ4n) is 3.17. The molecule has 1 aliphatic rings. The van der Waals surface area contributed by atoms with E-state index in [0.29, 0.717) is 26.2 Å². The Bertz CT molecular complexity index is 1030. The predicted octanol–water partition coefficient (Wildman–Crippen LogP) is 1.64. The third-order valence-electron chi connectivity index (χ3n) is 4.85. The SMILES string of the molecule is CCCCc1nc(CN2CCN(S(=O)(=O)c3ccc(S(N)(=O)=O)cc3)CC2)cs1. The normalized spacial score (nSPS) is 16.9. The zero-order chi connectivity index (χ0) is 21.1. The van der Waals surface area contributed by atoms with Crippen LogP contribution in [0.3, 0.4) is 0 Å². The molecule has 0 saturated carbocycles. The Kier molecular flexibility index (Phi) is 7.07. The molecule has 0 radical (unpaired) electrons. The van der Waals surface area contributed by atoms with Gasteiger partial charge >= 0.3 is 0 Å². The van der Waals surface area contributed by atoms with Crippen LogP contribution < -0.4 is 5.14 Å². The Balaban J connectivity index is 1.58. The zero-order valence-corrected chi connectivity index (χ0v) is 18.8. The molecular weight excluding hydrogens is 432 g/mol. The monoisotopic (exact) mass is 458 g/mol. The van der Waals surface area contributed by atoms with Gasteiger partial charge in [-0.25, -0.2) is 27.0 Å². The minimum Gasteiger partial charge on any atom is -0.295 e. The number of aryl methyl sites for hydroxylation is 1. The predicted molar refractivity (Wildman–Crippen MR) is 113 cm³/mol. The molecule has 3 rings (SSSR count). The molecule has 0 spiro atoms. The number of aromatic nitrogens is 1. The largest absolute Gasteiger partial charge is 0.295 e. The molecule has 2 N–H and O–H groups in total. The summed E-state index contributed by atoms with van der Waals surface area (Å²) in [5, 5.41) is 8.31. The third-order valence-corrected chi connectivity index (χ3v) is 8.65. The van der Waals surface area contributed by atoms with E-state index in [2.05, 4.69) is 22.2 Å². The van der Waals surface area contributed by atoms with Gasteiger partial charge in [-0.2, -0.15) is 4.31 Å². The van der Waals surface area contributed by atoms with Gasteiger partial charge in [-0.3, -0.25) is 4.90 Å². The van der Waals surface area contributed by atoms with Gasteiger partial charge < -0.3 is 0 Å². The molecule has 1 aliphatic heterocycles. The second-order valence-corrected chi connectivity index (χ2v) is 11.5. The molecule has 1 fully saturated rings. The van der Waals surface area contributed by atoms with Crippen LogP contribution in [0.2, 0.25) is 0 Å². The molecule has 29 heavy (non-hydrogen) atoms. The van der Waals surface area contributed by atoms with E-state index in [9.17, 15) is 16.8 Å². The molecule has 8 nitrogen and oxygen atoms in total. The van der Waals surface area contributed by atoms with Crippen molar-refractivity contribution in [2.45, 2.75) is 42.5 Å². The summed E-state index contributed by atoms with van der Waals surface area (Å²) >= 11 is 1.69. The van der Waals surface area contributed by atoms with Gasteiger partial charge in [-0.05, 0) is 37.1 Å². The number of piperazine rings is 1. The fraction of sp³-hybridized carbons (Fsp3) is 0.500. The van der Waals surface area contributed by atoms with Crippen molar-refractivity contribution >= 4 is 31.4 Å². The van der Waals surface area contributed by atoms with Gasteiger partial charge in [0.1, 0.15) is 0 Å². The second-order valence-electron chi connectivity index (χ2n) is 7.03. The number of hydrogen-bond donors (Lipinski definition) is 1. The Morgan fingerprint density at radius 2 is 1.66 bits per heavy atom. The maximum absolute atomic E-state index is 12.8. The molecule has 160 valence electrons. The van der Waals surface area contributed by atoms with Crippen LogP contribution in [-0.4, -0.2) is 57.2 Å². The Labute approximate surface area is 176 Å². The van der Waals surface area contributed by atoms with Gasteiger partial charge in [0, 0.05) is 38.1 Å². The van der Waals surface area contributed by atoms with E-state index < -0.39 is 20.0 Å². The highest BCUT2D eigenvalue weighted by Gasteiger charge is 2.29. The third kappa shape index (κ3) is 5.62. The number of unbranched alkanes of at least 4 members (excludes halogenated alkanes) is 1. The summed E-state index contributed by atoms with van der Waals surface area (Å²) in [4.78, 5) is 6.83. The van der Waals surface area contributed by atoms with E-state index in [0.717, 1.165) is 36.5 Å². The summed E-state index contributed by atoms with van der Waals surface area (Å²) in [6.07, 6.45) is 3.30. The van der Waals surface area contributed by atoms with Gasteiger partial charge in [0.05, 0.1) is 20.5 Å². The summed E-state index contributed by atoms with van der Waals surface area (Å²) in [6.45, 7) is 4.89. The number of rotatable bonds is 8. The van der Waals surface area contributed by atoms with Crippen LogP contribution in [0.4, 0.5) is 0 Å².